The third-order valence-corrected chi connectivity index (χ3v) is 8.61. The molecule has 0 saturated heterocycles. The van der Waals surface area contributed by atoms with Gasteiger partial charge in [-0.15, -0.1) is 23.2 Å². The number of hydrogen-bond acceptors (Lipinski definition) is 4. The summed E-state index contributed by atoms with van der Waals surface area (Å²) in [6.07, 6.45) is 0.389. The molecule has 1 aromatic carbocycles. The number of halogens is 4. The Labute approximate surface area is 178 Å². The van der Waals surface area contributed by atoms with Gasteiger partial charge < -0.3 is 14.2 Å². The van der Waals surface area contributed by atoms with E-state index in [0.717, 1.165) is 5.56 Å². The van der Waals surface area contributed by atoms with Crippen molar-refractivity contribution in [3.63, 3.8) is 0 Å². The molecule has 0 N–H and O–H groups in total. The number of benzene rings is 1. The van der Waals surface area contributed by atoms with Crippen LogP contribution in [-0.4, -0.2) is 47.8 Å². The van der Waals surface area contributed by atoms with Crippen LogP contribution in [-0.2, 0) is 14.2 Å². The average molecular weight is 451 g/mol. The number of methoxy groups -OCH3 is 2. The van der Waals surface area contributed by atoms with Crippen LogP contribution in [0.5, 0.6) is 0 Å². The zero-order valence-electron chi connectivity index (χ0n) is 15.1. The highest BCUT2D eigenvalue weighted by atomic mass is 35.5. The third-order valence-electron chi connectivity index (χ3n) is 6.03. The molecule has 4 atom stereocenters. The van der Waals surface area contributed by atoms with Crippen molar-refractivity contribution in [2.75, 3.05) is 20.8 Å². The smallest absolute Gasteiger partial charge is 0.217 e. The van der Waals surface area contributed by atoms with E-state index in [0.29, 0.717) is 18.9 Å². The van der Waals surface area contributed by atoms with Crippen LogP contribution in [0.25, 0.3) is 0 Å². The van der Waals surface area contributed by atoms with E-state index in [4.69, 9.17) is 65.6 Å². The molecule has 8 heteroatoms. The van der Waals surface area contributed by atoms with Crippen molar-refractivity contribution in [3.8, 4) is 0 Å². The Balaban J connectivity index is 1.82. The van der Waals surface area contributed by atoms with Crippen LogP contribution in [0.15, 0.2) is 45.4 Å². The Morgan fingerprint density at radius 2 is 1.70 bits per heavy atom. The molecule has 2 bridgehead atoms. The second-order valence-electron chi connectivity index (χ2n) is 7.35. The zero-order chi connectivity index (χ0) is 19.7. The van der Waals surface area contributed by atoms with Crippen molar-refractivity contribution in [3.05, 3.63) is 46.0 Å². The SMILES string of the molecule is COC1(OC)[C@@]2(Cl)C[C@H]([C@]3(C)COC(c4ccccc4)=N3)[C@]1(Cl)C(Cl)=C2Cl. The molecule has 0 radical (unpaired) electrons. The fraction of sp³-hybridized carbons (Fsp3) is 0.526. The molecule has 0 aromatic heterocycles. The van der Waals surface area contributed by atoms with Gasteiger partial charge in [0.15, 0.2) is 0 Å². The number of fused-ring (bicyclic) bond motifs is 2. The first-order chi connectivity index (χ1) is 12.7. The van der Waals surface area contributed by atoms with Gasteiger partial charge in [-0.3, -0.25) is 0 Å². The van der Waals surface area contributed by atoms with Gasteiger partial charge in [0.25, 0.3) is 0 Å². The van der Waals surface area contributed by atoms with E-state index in [2.05, 4.69) is 0 Å². The normalized spacial score (nSPS) is 39.7. The van der Waals surface area contributed by atoms with Gasteiger partial charge in [0, 0.05) is 25.7 Å². The number of nitrogens with zero attached hydrogens (tertiary/aromatic N) is 1. The summed E-state index contributed by atoms with van der Waals surface area (Å²) in [6, 6.07) is 9.71. The first-order valence-electron chi connectivity index (χ1n) is 8.52. The Hall–Kier alpha value is -0.490. The molecule has 4 nitrogen and oxygen atoms in total. The topological polar surface area (TPSA) is 40.0 Å². The van der Waals surface area contributed by atoms with E-state index in [1.807, 2.05) is 37.3 Å². The van der Waals surface area contributed by atoms with E-state index in [9.17, 15) is 0 Å². The lowest BCUT2D eigenvalue weighted by Crippen LogP contribution is -2.59. The van der Waals surface area contributed by atoms with Gasteiger partial charge in [0.2, 0.25) is 11.7 Å². The van der Waals surface area contributed by atoms with Gasteiger partial charge in [-0.25, -0.2) is 4.99 Å². The molecule has 1 aromatic rings. The predicted molar refractivity (Wildman–Crippen MR) is 108 cm³/mol. The van der Waals surface area contributed by atoms with E-state index >= 15 is 0 Å². The Morgan fingerprint density at radius 3 is 2.26 bits per heavy atom. The predicted octanol–water partition coefficient (Wildman–Crippen LogP) is 4.89. The number of rotatable bonds is 4. The molecule has 1 fully saturated rings. The van der Waals surface area contributed by atoms with E-state index in [1.54, 1.807) is 0 Å². The highest BCUT2D eigenvalue weighted by Crippen LogP contribution is 2.73. The highest BCUT2D eigenvalue weighted by Gasteiger charge is 2.83. The molecule has 146 valence electrons. The lowest BCUT2D eigenvalue weighted by atomic mass is 9.76. The number of hydrogen-bond donors (Lipinski definition) is 0. The summed E-state index contributed by atoms with van der Waals surface area (Å²) in [5, 5.41) is 0.501. The summed E-state index contributed by atoms with van der Waals surface area (Å²) >= 11 is 27.2. The van der Waals surface area contributed by atoms with Crippen LogP contribution >= 0.6 is 46.4 Å². The van der Waals surface area contributed by atoms with Crippen LogP contribution in [0.2, 0.25) is 0 Å². The molecular formula is C19H19Cl4NO3. The monoisotopic (exact) mass is 449 g/mol. The van der Waals surface area contributed by atoms with Crippen molar-refractivity contribution in [1.29, 1.82) is 0 Å². The average Bonchev–Trinajstić information content (AvgIpc) is 3.21. The third kappa shape index (κ3) is 2.23. The molecule has 3 aliphatic rings. The first-order valence-corrected chi connectivity index (χ1v) is 10.0. The minimum absolute atomic E-state index is 0.241. The fourth-order valence-electron chi connectivity index (χ4n) is 4.71. The van der Waals surface area contributed by atoms with Crippen LogP contribution in [0.3, 0.4) is 0 Å². The second kappa shape index (κ2) is 6.25. The summed E-state index contributed by atoms with van der Waals surface area (Å²) in [4.78, 5) is 2.39. The summed E-state index contributed by atoms with van der Waals surface area (Å²) in [6.45, 7) is 2.32. The summed E-state index contributed by atoms with van der Waals surface area (Å²) in [5.41, 5.74) is 0.224. The maximum absolute atomic E-state index is 7.15. The van der Waals surface area contributed by atoms with Crippen LogP contribution < -0.4 is 0 Å². The summed E-state index contributed by atoms with van der Waals surface area (Å²) < 4.78 is 17.4. The van der Waals surface area contributed by atoms with E-state index in [1.165, 1.54) is 14.2 Å². The van der Waals surface area contributed by atoms with Gasteiger partial charge in [-0.1, -0.05) is 41.4 Å². The molecule has 27 heavy (non-hydrogen) atoms. The van der Waals surface area contributed by atoms with Gasteiger partial charge in [-0.05, 0) is 25.5 Å². The van der Waals surface area contributed by atoms with Crippen LogP contribution in [0.4, 0.5) is 0 Å². The summed E-state index contributed by atoms with van der Waals surface area (Å²) in [5.74, 6) is -1.16. The molecule has 0 unspecified atom stereocenters. The lowest BCUT2D eigenvalue weighted by Gasteiger charge is -2.43. The standard InChI is InChI=1S/C19H19Cl4NO3/c1-16(10-27-15(24-16)11-7-5-4-6-8-11)12-9-17(22)13(20)14(21)18(12,23)19(17,25-2)26-3/h4-8,12H,9-10H2,1-3H3/t12-,16+,17-,18+/m1/s1. The quantitative estimate of drug-likeness (QED) is 0.484. The molecule has 1 saturated carbocycles. The largest absolute Gasteiger partial charge is 0.475 e. The minimum Gasteiger partial charge on any atom is -0.475 e. The molecule has 1 aliphatic heterocycles. The van der Waals surface area contributed by atoms with Crippen molar-refractivity contribution < 1.29 is 14.2 Å². The fourth-order valence-corrected chi connectivity index (χ4v) is 6.90. The number of alkyl halides is 2. The molecule has 0 spiro atoms. The van der Waals surface area contributed by atoms with E-state index in [-0.39, 0.29) is 16.0 Å². The number of aliphatic imine (C=N–C) groups is 1. The molecular weight excluding hydrogens is 432 g/mol. The maximum Gasteiger partial charge on any atom is 0.217 e. The second-order valence-corrected chi connectivity index (χ2v) is 9.35. The lowest BCUT2D eigenvalue weighted by molar-refractivity contribution is -0.220. The molecule has 1 heterocycles. The Morgan fingerprint density at radius 1 is 1.07 bits per heavy atom. The van der Waals surface area contributed by atoms with Gasteiger partial charge in [0.1, 0.15) is 21.9 Å². The summed E-state index contributed by atoms with van der Waals surface area (Å²) in [7, 11) is 2.98. The van der Waals surface area contributed by atoms with Crippen molar-refractivity contribution in [2.45, 2.75) is 34.4 Å². The number of ether oxygens (including phenoxy) is 3. The van der Waals surface area contributed by atoms with Gasteiger partial charge in [0.05, 0.1) is 10.1 Å². The Kier molecular flexibility index (Phi) is 4.59. The highest BCUT2D eigenvalue weighted by molar-refractivity contribution is 6.52. The van der Waals surface area contributed by atoms with Crippen LogP contribution in [0, 0.1) is 5.92 Å². The van der Waals surface area contributed by atoms with Gasteiger partial charge in [-0.2, -0.15) is 0 Å². The minimum atomic E-state index is -1.41. The zero-order valence-corrected chi connectivity index (χ0v) is 18.1. The van der Waals surface area contributed by atoms with Crippen molar-refractivity contribution >= 4 is 52.3 Å². The van der Waals surface area contributed by atoms with E-state index < -0.39 is 21.1 Å². The van der Waals surface area contributed by atoms with Crippen LogP contribution in [0.1, 0.15) is 18.9 Å². The van der Waals surface area contributed by atoms with Gasteiger partial charge >= 0.3 is 0 Å². The Bertz CT molecular complexity index is 841. The molecule has 2 aliphatic carbocycles. The maximum atomic E-state index is 7.15. The molecule has 4 rings (SSSR count). The molecule has 0 amide bonds. The van der Waals surface area contributed by atoms with Crippen molar-refractivity contribution in [1.82, 2.24) is 0 Å². The first kappa shape index (κ1) is 19.8. The van der Waals surface area contributed by atoms with Crippen molar-refractivity contribution in [2.24, 2.45) is 10.9 Å².